The van der Waals surface area contributed by atoms with E-state index in [0.717, 1.165) is 47.8 Å². The third-order valence-corrected chi connectivity index (χ3v) is 4.76. The van der Waals surface area contributed by atoms with Crippen molar-refractivity contribution < 1.29 is 9.53 Å². The standard InChI is InChI=1S/C19H24N2O2/c1-23-17-8-7-15-11-14(5-6-16(15)12-17)13-21-18(22)19(20)9-3-2-4-10-19/h5-8,11-12H,2-4,9-10,13,20H2,1H3,(H,21,22). The molecular formula is C19H24N2O2. The fraction of sp³-hybridized carbons (Fsp3) is 0.421. The van der Waals surface area contributed by atoms with E-state index in [2.05, 4.69) is 17.4 Å². The molecule has 2 aromatic rings. The molecule has 1 saturated carbocycles. The molecule has 1 aliphatic carbocycles. The number of ether oxygens (including phenoxy) is 1. The maximum absolute atomic E-state index is 12.4. The molecular weight excluding hydrogens is 288 g/mol. The van der Waals surface area contributed by atoms with Crippen LogP contribution in [0.3, 0.4) is 0 Å². The highest BCUT2D eigenvalue weighted by Crippen LogP contribution is 2.26. The molecule has 0 unspecified atom stereocenters. The van der Waals surface area contributed by atoms with Crippen LogP contribution < -0.4 is 15.8 Å². The van der Waals surface area contributed by atoms with Crippen LogP contribution in [0.25, 0.3) is 10.8 Å². The van der Waals surface area contributed by atoms with Gasteiger partial charge in [-0.1, -0.05) is 37.5 Å². The van der Waals surface area contributed by atoms with Crippen LogP contribution in [0.1, 0.15) is 37.7 Å². The maximum Gasteiger partial charge on any atom is 0.240 e. The van der Waals surface area contributed by atoms with E-state index >= 15 is 0 Å². The summed E-state index contributed by atoms with van der Waals surface area (Å²) in [5.74, 6) is 0.827. The smallest absolute Gasteiger partial charge is 0.240 e. The number of amides is 1. The number of carbonyl (C=O) groups is 1. The second-order valence-corrected chi connectivity index (χ2v) is 6.45. The predicted molar refractivity (Wildman–Crippen MR) is 92.4 cm³/mol. The molecule has 1 amide bonds. The first kappa shape index (κ1) is 15.8. The third kappa shape index (κ3) is 3.48. The van der Waals surface area contributed by atoms with Crippen LogP contribution in [-0.2, 0) is 11.3 Å². The van der Waals surface area contributed by atoms with Crippen LogP contribution in [0.4, 0.5) is 0 Å². The molecule has 0 spiro atoms. The summed E-state index contributed by atoms with van der Waals surface area (Å²) in [5, 5.41) is 5.27. The lowest BCUT2D eigenvalue weighted by molar-refractivity contribution is -0.127. The highest BCUT2D eigenvalue weighted by molar-refractivity contribution is 5.87. The number of rotatable bonds is 4. The molecule has 23 heavy (non-hydrogen) atoms. The van der Waals surface area contributed by atoms with Crippen LogP contribution in [0.15, 0.2) is 36.4 Å². The predicted octanol–water partition coefficient (Wildman–Crippen LogP) is 3.13. The Morgan fingerprint density at radius 3 is 2.57 bits per heavy atom. The summed E-state index contributed by atoms with van der Waals surface area (Å²) >= 11 is 0. The van der Waals surface area contributed by atoms with E-state index in [-0.39, 0.29) is 5.91 Å². The van der Waals surface area contributed by atoms with E-state index in [1.165, 1.54) is 6.42 Å². The molecule has 0 aromatic heterocycles. The Morgan fingerprint density at radius 2 is 1.83 bits per heavy atom. The van der Waals surface area contributed by atoms with Crippen molar-refractivity contribution in [1.82, 2.24) is 5.32 Å². The summed E-state index contributed by atoms with van der Waals surface area (Å²) in [5.41, 5.74) is 6.66. The van der Waals surface area contributed by atoms with Crippen molar-refractivity contribution in [2.24, 2.45) is 5.73 Å². The Hall–Kier alpha value is -2.07. The Balaban J connectivity index is 1.68. The molecule has 1 aliphatic rings. The summed E-state index contributed by atoms with van der Waals surface area (Å²) in [7, 11) is 1.67. The normalized spacial score (nSPS) is 17.0. The van der Waals surface area contributed by atoms with Crippen molar-refractivity contribution in [2.75, 3.05) is 7.11 Å². The minimum Gasteiger partial charge on any atom is -0.497 e. The lowest BCUT2D eigenvalue weighted by Crippen LogP contribution is -2.54. The van der Waals surface area contributed by atoms with Crippen molar-refractivity contribution >= 4 is 16.7 Å². The van der Waals surface area contributed by atoms with Crippen LogP contribution in [0.2, 0.25) is 0 Å². The van der Waals surface area contributed by atoms with Gasteiger partial charge in [-0.25, -0.2) is 0 Å². The Morgan fingerprint density at radius 1 is 1.13 bits per heavy atom. The van der Waals surface area contributed by atoms with Gasteiger partial charge in [-0.05, 0) is 47.4 Å². The van der Waals surface area contributed by atoms with Gasteiger partial charge >= 0.3 is 0 Å². The van der Waals surface area contributed by atoms with Crippen molar-refractivity contribution in [3.8, 4) is 5.75 Å². The molecule has 4 nitrogen and oxygen atoms in total. The topological polar surface area (TPSA) is 64.3 Å². The molecule has 122 valence electrons. The van der Waals surface area contributed by atoms with Gasteiger partial charge in [0.2, 0.25) is 5.91 Å². The first-order valence-electron chi connectivity index (χ1n) is 8.25. The SMILES string of the molecule is COc1ccc2cc(CNC(=O)C3(N)CCCCC3)ccc2c1. The average Bonchev–Trinajstić information content (AvgIpc) is 2.59. The zero-order valence-electron chi connectivity index (χ0n) is 13.6. The van der Waals surface area contributed by atoms with Gasteiger partial charge in [0.1, 0.15) is 5.75 Å². The van der Waals surface area contributed by atoms with Gasteiger partial charge in [0.25, 0.3) is 0 Å². The largest absolute Gasteiger partial charge is 0.497 e. The van der Waals surface area contributed by atoms with Crippen molar-refractivity contribution in [3.63, 3.8) is 0 Å². The maximum atomic E-state index is 12.4. The van der Waals surface area contributed by atoms with E-state index in [4.69, 9.17) is 10.5 Å². The molecule has 4 heteroatoms. The van der Waals surface area contributed by atoms with Crippen LogP contribution in [-0.4, -0.2) is 18.6 Å². The highest BCUT2D eigenvalue weighted by atomic mass is 16.5. The fourth-order valence-corrected chi connectivity index (χ4v) is 3.28. The van der Waals surface area contributed by atoms with Crippen molar-refractivity contribution in [1.29, 1.82) is 0 Å². The molecule has 0 radical (unpaired) electrons. The summed E-state index contributed by atoms with van der Waals surface area (Å²) < 4.78 is 5.24. The number of nitrogens with one attached hydrogen (secondary N) is 1. The van der Waals surface area contributed by atoms with E-state index < -0.39 is 5.54 Å². The molecule has 0 saturated heterocycles. The quantitative estimate of drug-likeness (QED) is 0.911. The number of hydrogen-bond acceptors (Lipinski definition) is 3. The molecule has 2 aromatic carbocycles. The molecule has 3 rings (SSSR count). The van der Waals surface area contributed by atoms with Gasteiger partial charge in [-0.2, -0.15) is 0 Å². The monoisotopic (exact) mass is 312 g/mol. The summed E-state index contributed by atoms with van der Waals surface area (Å²) in [6.07, 6.45) is 4.84. The number of nitrogens with two attached hydrogens (primary N) is 1. The lowest BCUT2D eigenvalue weighted by Gasteiger charge is -2.31. The van der Waals surface area contributed by atoms with Crippen LogP contribution in [0.5, 0.6) is 5.75 Å². The minimum atomic E-state index is -0.678. The Bertz CT molecular complexity index is 706. The van der Waals surface area contributed by atoms with Gasteiger partial charge < -0.3 is 15.8 Å². The minimum absolute atomic E-state index is 0.0213. The molecule has 0 heterocycles. The second kappa shape index (κ2) is 6.59. The molecule has 3 N–H and O–H groups in total. The number of hydrogen-bond donors (Lipinski definition) is 2. The van der Waals surface area contributed by atoms with Gasteiger partial charge in [0.05, 0.1) is 12.6 Å². The highest BCUT2D eigenvalue weighted by Gasteiger charge is 2.34. The molecule has 0 atom stereocenters. The average molecular weight is 312 g/mol. The first-order valence-corrected chi connectivity index (χ1v) is 8.25. The van der Waals surface area contributed by atoms with Gasteiger partial charge in [0.15, 0.2) is 0 Å². The lowest BCUT2D eigenvalue weighted by atomic mass is 9.82. The van der Waals surface area contributed by atoms with Gasteiger partial charge in [0, 0.05) is 6.54 Å². The van der Waals surface area contributed by atoms with Crippen molar-refractivity contribution in [2.45, 2.75) is 44.2 Å². The number of fused-ring (bicyclic) bond motifs is 1. The van der Waals surface area contributed by atoms with Crippen LogP contribution in [0, 0.1) is 0 Å². The number of benzene rings is 2. The summed E-state index contributed by atoms with van der Waals surface area (Å²) in [6, 6.07) is 12.2. The summed E-state index contributed by atoms with van der Waals surface area (Å²) in [6.45, 7) is 0.514. The van der Waals surface area contributed by atoms with Gasteiger partial charge in [-0.15, -0.1) is 0 Å². The second-order valence-electron chi connectivity index (χ2n) is 6.45. The fourth-order valence-electron chi connectivity index (χ4n) is 3.28. The molecule has 1 fully saturated rings. The Labute approximate surface area is 137 Å². The van der Waals surface area contributed by atoms with E-state index in [1.54, 1.807) is 7.11 Å². The Kier molecular flexibility index (Phi) is 4.53. The molecule has 0 bridgehead atoms. The van der Waals surface area contributed by atoms with E-state index in [0.29, 0.717) is 6.54 Å². The third-order valence-electron chi connectivity index (χ3n) is 4.76. The molecule has 0 aliphatic heterocycles. The van der Waals surface area contributed by atoms with Crippen LogP contribution >= 0.6 is 0 Å². The zero-order valence-corrected chi connectivity index (χ0v) is 13.6. The zero-order chi connectivity index (χ0) is 16.3. The first-order chi connectivity index (χ1) is 11.1. The number of methoxy groups -OCH3 is 1. The van der Waals surface area contributed by atoms with E-state index in [1.807, 2.05) is 24.3 Å². The number of carbonyl (C=O) groups excluding carboxylic acids is 1. The van der Waals surface area contributed by atoms with Crippen molar-refractivity contribution in [3.05, 3.63) is 42.0 Å². The van der Waals surface area contributed by atoms with Gasteiger partial charge in [-0.3, -0.25) is 4.79 Å². The van der Waals surface area contributed by atoms with E-state index in [9.17, 15) is 4.79 Å². The summed E-state index contributed by atoms with van der Waals surface area (Å²) in [4.78, 5) is 12.4.